The van der Waals surface area contributed by atoms with Gasteiger partial charge in [-0.05, 0) is 105 Å². The lowest BCUT2D eigenvalue weighted by Crippen LogP contribution is -2.53. The molecule has 3 N–H and O–H groups in total. The number of benzene rings is 1. The van der Waals surface area contributed by atoms with E-state index in [1.54, 1.807) is 23.8 Å². The molecule has 0 aromatic heterocycles. The van der Waals surface area contributed by atoms with Gasteiger partial charge in [0.15, 0.2) is 0 Å². The Kier molecular flexibility index (Phi) is 11.9. The molecule has 11 atom stereocenters. The molecule has 7 heteroatoms. The highest BCUT2D eigenvalue weighted by Gasteiger charge is 2.59. The Bertz CT molecular complexity index is 1570. The van der Waals surface area contributed by atoms with E-state index in [1.165, 1.54) is 24.8 Å². The van der Waals surface area contributed by atoms with E-state index in [0.717, 1.165) is 69.7 Å². The molecule has 10 unspecified atom stereocenters. The zero-order chi connectivity index (χ0) is 38.3. The fourth-order valence-corrected chi connectivity index (χ4v) is 11.7. The second-order valence-corrected chi connectivity index (χ2v) is 18.7. The molecule has 2 heterocycles. The van der Waals surface area contributed by atoms with E-state index in [9.17, 15) is 14.7 Å². The van der Waals surface area contributed by atoms with E-state index < -0.39 is 0 Å². The van der Waals surface area contributed by atoms with Crippen molar-refractivity contribution in [1.82, 2.24) is 15.5 Å². The van der Waals surface area contributed by atoms with Gasteiger partial charge in [-0.25, -0.2) is 0 Å². The van der Waals surface area contributed by atoms with Crippen LogP contribution in [0, 0.1) is 40.9 Å². The molecule has 1 amide bonds. The predicted molar refractivity (Wildman–Crippen MR) is 214 cm³/mol. The van der Waals surface area contributed by atoms with Gasteiger partial charge in [-0.3, -0.25) is 9.69 Å². The highest BCUT2D eigenvalue weighted by atomic mass is 16.5. The summed E-state index contributed by atoms with van der Waals surface area (Å²) in [7, 11) is 1.73. The monoisotopic (exact) mass is 728 g/mol. The summed E-state index contributed by atoms with van der Waals surface area (Å²) in [5, 5.41) is 16.3. The molecule has 4 aliphatic carbocycles. The number of carbonyl (C=O) groups is 2. The van der Waals surface area contributed by atoms with Gasteiger partial charge < -0.3 is 25.3 Å². The minimum Gasteiger partial charge on any atom is -0.393 e. The maximum Gasteiger partial charge on any atom is 0.266 e. The maximum absolute atomic E-state index is 12.3. The molecule has 292 valence electrons. The molecule has 53 heavy (non-hydrogen) atoms. The van der Waals surface area contributed by atoms with Gasteiger partial charge in [0.25, 0.3) is 5.91 Å². The molecule has 2 saturated heterocycles. The molecule has 2 saturated carbocycles. The third kappa shape index (κ3) is 7.61. The van der Waals surface area contributed by atoms with E-state index in [0.29, 0.717) is 36.0 Å². The SMILES string of the molecule is C=C(NC)C(=O)NCCN1CC(C)CC2OC3(CCC4C(=C(C)C3)CC3C4CC=C4CC(O)CCC43C)[C@H](C)C21.CC(C=O)C(C)(C)c1ccccc1. The number of aldehydes is 1. The minimum atomic E-state index is -0.139. The average molecular weight is 728 g/mol. The van der Waals surface area contributed by atoms with E-state index in [1.807, 2.05) is 25.1 Å². The first kappa shape index (κ1) is 39.9. The van der Waals surface area contributed by atoms with Gasteiger partial charge in [-0.1, -0.05) is 101 Å². The third-order valence-corrected chi connectivity index (χ3v) is 15.4. The zero-order valence-electron chi connectivity index (χ0n) is 34.0. The lowest BCUT2D eigenvalue weighted by molar-refractivity contribution is -0.118. The number of aliphatic hydroxyl groups excluding tert-OH is 1. The van der Waals surface area contributed by atoms with Gasteiger partial charge in [0, 0.05) is 44.6 Å². The highest BCUT2D eigenvalue weighted by molar-refractivity contribution is 5.92. The summed E-state index contributed by atoms with van der Waals surface area (Å²) < 4.78 is 7.23. The van der Waals surface area contributed by atoms with Gasteiger partial charge >= 0.3 is 0 Å². The number of nitrogens with one attached hydrogen (secondary N) is 2. The molecule has 7 nitrogen and oxygen atoms in total. The van der Waals surface area contributed by atoms with Crippen LogP contribution in [0.25, 0.3) is 0 Å². The van der Waals surface area contributed by atoms with Crippen molar-refractivity contribution in [2.75, 3.05) is 26.7 Å². The fourth-order valence-electron chi connectivity index (χ4n) is 11.7. The number of amides is 1. The molecule has 2 aliphatic heterocycles. The van der Waals surface area contributed by atoms with Gasteiger partial charge in [-0.2, -0.15) is 0 Å². The largest absolute Gasteiger partial charge is 0.393 e. The van der Waals surface area contributed by atoms with Gasteiger partial charge in [0.2, 0.25) is 0 Å². The van der Waals surface area contributed by atoms with E-state index in [2.05, 4.69) is 81.9 Å². The van der Waals surface area contributed by atoms with E-state index in [4.69, 9.17) is 4.74 Å². The van der Waals surface area contributed by atoms with Crippen LogP contribution in [0.3, 0.4) is 0 Å². The summed E-state index contributed by atoms with van der Waals surface area (Å²) in [6.45, 7) is 22.3. The van der Waals surface area contributed by atoms with Crippen molar-refractivity contribution in [3.05, 3.63) is 71.0 Å². The van der Waals surface area contributed by atoms with Crippen molar-refractivity contribution in [1.29, 1.82) is 0 Å². The number of aliphatic hydroxyl groups is 1. The van der Waals surface area contributed by atoms with Crippen molar-refractivity contribution in [3.63, 3.8) is 0 Å². The van der Waals surface area contributed by atoms with E-state index in [-0.39, 0.29) is 40.5 Å². The standard InChI is InChI=1S/C34H53N3O3.C12H16O/c1-20-15-30-31(37(19-20)14-13-36-32(39)23(4)35-6)22(3)34(40-30)12-10-26-27-8-7-24-16-25(38)9-11-33(24,5)29(27)17-28(26)21(2)18-34;1-10(9-13)12(2,3)11-7-5-4-6-8-11/h7,20,22,25-27,29-31,35,38H,4,8-19H2,1-3,5-6H3,(H,36,39);4-10H,1-3H3/t20?,22-,25?,26?,27?,29?,30?,31?,33?,34?;/m1./s1. The van der Waals surface area contributed by atoms with Gasteiger partial charge in [0.1, 0.15) is 6.29 Å². The molecule has 1 aromatic carbocycles. The molecular weight excluding hydrogens is 659 g/mol. The molecule has 0 radical (unpaired) electrons. The summed E-state index contributed by atoms with van der Waals surface area (Å²) in [5.74, 6) is 3.16. The Labute approximate surface area is 320 Å². The van der Waals surface area contributed by atoms with Crippen LogP contribution in [0.4, 0.5) is 0 Å². The Balaban J connectivity index is 0.000000314. The molecule has 4 fully saturated rings. The van der Waals surface area contributed by atoms with Gasteiger partial charge in [-0.15, -0.1) is 0 Å². The molecule has 6 aliphatic rings. The minimum absolute atomic E-state index is 0.0508. The number of piperidine rings is 1. The van der Waals surface area contributed by atoms with Crippen LogP contribution in [0.2, 0.25) is 0 Å². The van der Waals surface area contributed by atoms with Gasteiger partial charge in [0.05, 0.1) is 23.5 Å². The lowest BCUT2D eigenvalue weighted by Gasteiger charge is -2.49. The number of ether oxygens (including phenoxy) is 1. The van der Waals surface area contributed by atoms with Crippen LogP contribution in [-0.4, -0.2) is 72.7 Å². The van der Waals surface area contributed by atoms with Crippen molar-refractivity contribution in [3.8, 4) is 0 Å². The van der Waals surface area contributed by atoms with Crippen LogP contribution < -0.4 is 10.6 Å². The van der Waals surface area contributed by atoms with Crippen molar-refractivity contribution < 1.29 is 19.4 Å². The Morgan fingerprint density at radius 3 is 2.60 bits per heavy atom. The normalized spacial score (nSPS) is 37.1. The lowest BCUT2D eigenvalue weighted by atomic mass is 9.56. The van der Waals surface area contributed by atoms with Crippen molar-refractivity contribution >= 4 is 12.2 Å². The second-order valence-electron chi connectivity index (χ2n) is 18.7. The summed E-state index contributed by atoms with van der Waals surface area (Å²) in [5.41, 5.74) is 6.69. The number of allylic oxidation sites excluding steroid dienone is 2. The summed E-state index contributed by atoms with van der Waals surface area (Å²) in [4.78, 5) is 25.6. The smallest absolute Gasteiger partial charge is 0.266 e. The second kappa shape index (κ2) is 15.8. The topological polar surface area (TPSA) is 90.9 Å². The number of nitrogens with zero attached hydrogens (tertiary/aromatic N) is 1. The Morgan fingerprint density at radius 2 is 1.91 bits per heavy atom. The number of likely N-dealkylation sites (N-methyl/N-ethyl adjacent to an activating group) is 1. The third-order valence-electron chi connectivity index (χ3n) is 15.4. The first-order chi connectivity index (χ1) is 25.1. The maximum atomic E-state index is 12.3. The molecule has 0 bridgehead atoms. The van der Waals surface area contributed by atoms with Crippen molar-refractivity contribution in [2.24, 2.45) is 40.9 Å². The fraction of sp³-hybridized carbons (Fsp3) is 0.696. The first-order valence-corrected chi connectivity index (χ1v) is 20.8. The van der Waals surface area contributed by atoms with Crippen LogP contribution in [0.15, 0.2) is 65.4 Å². The zero-order valence-corrected chi connectivity index (χ0v) is 34.0. The molecule has 1 aromatic rings. The Morgan fingerprint density at radius 1 is 1.17 bits per heavy atom. The quantitative estimate of drug-likeness (QED) is 0.144. The number of rotatable bonds is 8. The molecule has 1 spiro atoms. The number of hydrogen-bond donors (Lipinski definition) is 3. The number of fused-ring (bicyclic) bond motifs is 6. The number of hydrogen-bond acceptors (Lipinski definition) is 6. The number of carbonyl (C=O) groups excluding carboxylic acids is 2. The molecular formula is C46H69N3O4. The average Bonchev–Trinajstić information content (AvgIpc) is 3.61. The summed E-state index contributed by atoms with van der Waals surface area (Å²) >= 11 is 0. The Hall–Kier alpha value is -2.74. The predicted octanol–water partition coefficient (Wildman–Crippen LogP) is 7.75. The van der Waals surface area contributed by atoms with Crippen LogP contribution in [-0.2, 0) is 19.7 Å². The molecule has 7 rings (SSSR count). The first-order valence-electron chi connectivity index (χ1n) is 20.8. The highest BCUT2D eigenvalue weighted by Crippen LogP contribution is 2.64. The van der Waals surface area contributed by atoms with Crippen LogP contribution in [0.5, 0.6) is 0 Å². The number of likely N-dealkylation sites (tertiary alicyclic amines) is 1. The summed E-state index contributed by atoms with van der Waals surface area (Å²) in [6.07, 6.45) is 13.7. The van der Waals surface area contributed by atoms with Crippen molar-refractivity contribution in [2.45, 2.75) is 136 Å². The van der Waals surface area contributed by atoms with E-state index >= 15 is 0 Å². The summed E-state index contributed by atoms with van der Waals surface area (Å²) in [6, 6.07) is 10.6. The van der Waals surface area contributed by atoms with Crippen LogP contribution >= 0.6 is 0 Å². The van der Waals surface area contributed by atoms with Crippen LogP contribution in [0.1, 0.15) is 112 Å².